The van der Waals surface area contributed by atoms with Crippen LogP contribution in [0.15, 0.2) is 28.8 Å². The van der Waals surface area contributed by atoms with E-state index in [2.05, 4.69) is 27.1 Å². The Balaban J connectivity index is 1.70. The van der Waals surface area contributed by atoms with Gasteiger partial charge in [0.2, 0.25) is 11.7 Å². The molecule has 2 N–H and O–H groups in total. The lowest BCUT2D eigenvalue weighted by atomic mass is 10.1. The van der Waals surface area contributed by atoms with Gasteiger partial charge in [0.25, 0.3) is 10.2 Å². The van der Waals surface area contributed by atoms with Gasteiger partial charge in [-0.25, -0.2) is 0 Å². The molecule has 1 aliphatic heterocycles. The molecule has 0 amide bonds. The van der Waals surface area contributed by atoms with Crippen LogP contribution in [0.5, 0.6) is 0 Å². The van der Waals surface area contributed by atoms with Gasteiger partial charge in [-0.05, 0) is 25.8 Å². The van der Waals surface area contributed by atoms with Crippen LogP contribution in [0, 0.1) is 0 Å². The summed E-state index contributed by atoms with van der Waals surface area (Å²) >= 11 is 0. The van der Waals surface area contributed by atoms with E-state index in [1.165, 1.54) is 9.87 Å². The molecule has 0 spiro atoms. The van der Waals surface area contributed by atoms with Crippen molar-refractivity contribution in [2.45, 2.75) is 39.3 Å². The summed E-state index contributed by atoms with van der Waals surface area (Å²) in [7, 11) is -3.61. The zero-order chi connectivity index (χ0) is 18.7. The topological polar surface area (TPSA) is 100 Å². The molecule has 0 radical (unpaired) electrons. The SMILES string of the molecule is CCc1ccc(-c2noc(C(C)NS(=O)(=O)N3CCNC(C)C3)n2)cc1. The van der Waals surface area contributed by atoms with E-state index >= 15 is 0 Å². The third kappa shape index (κ3) is 4.29. The summed E-state index contributed by atoms with van der Waals surface area (Å²) < 4.78 is 34.4. The first-order valence-electron chi connectivity index (χ1n) is 8.82. The fraction of sp³-hybridized carbons (Fsp3) is 0.529. The van der Waals surface area contributed by atoms with Crippen molar-refractivity contribution in [3.63, 3.8) is 0 Å². The molecule has 8 nitrogen and oxygen atoms in total. The van der Waals surface area contributed by atoms with Crippen molar-refractivity contribution >= 4 is 10.2 Å². The first kappa shape index (κ1) is 19.0. The van der Waals surface area contributed by atoms with Gasteiger partial charge in [0, 0.05) is 31.2 Å². The van der Waals surface area contributed by atoms with Crippen molar-refractivity contribution in [1.29, 1.82) is 0 Å². The molecule has 1 aromatic carbocycles. The Labute approximate surface area is 154 Å². The summed E-state index contributed by atoms with van der Waals surface area (Å²) in [6.07, 6.45) is 0.960. The average molecular weight is 379 g/mol. The highest BCUT2D eigenvalue weighted by atomic mass is 32.2. The maximum atomic E-state index is 12.6. The van der Waals surface area contributed by atoms with Crippen molar-refractivity contribution in [2.24, 2.45) is 0 Å². The quantitative estimate of drug-likeness (QED) is 0.789. The monoisotopic (exact) mass is 379 g/mol. The van der Waals surface area contributed by atoms with Crippen molar-refractivity contribution < 1.29 is 12.9 Å². The van der Waals surface area contributed by atoms with E-state index in [0.717, 1.165) is 12.0 Å². The van der Waals surface area contributed by atoms with Crippen molar-refractivity contribution in [3.8, 4) is 11.4 Å². The highest BCUT2D eigenvalue weighted by Crippen LogP contribution is 2.20. The summed E-state index contributed by atoms with van der Waals surface area (Å²) in [5.74, 6) is 0.691. The molecule has 2 aromatic rings. The van der Waals surface area contributed by atoms with Gasteiger partial charge in [0.15, 0.2) is 0 Å². The van der Waals surface area contributed by atoms with E-state index in [9.17, 15) is 8.42 Å². The predicted octanol–water partition coefficient (Wildman–Crippen LogP) is 1.49. The highest BCUT2D eigenvalue weighted by molar-refractivity contribution is 7.87. The zero-order valence-corrected chi connectivity index (χ0v) is 16.1. The molecule has 1 aliphatic rings. The van der Waals surface area contributed by atoms with Crippen molar-refractivity contribution in [3.05, 3.63) is 35.7 Å². The average Bonchev–Trinajstić information content (AvgIpc) is 3.12. The Bertz CT molecular complexity index is 834. The lowest BCUT2D eigenvalue weighted by Gasteiger charge is -2.31. The van der Waals surface area contributed by atoms with Crippen LogP contribution in [0.2, 0.25) is 0 Å². The summed E-state index contributed by atoms with van der Waals surface area (Å²) in [4.78, 5) is 4.34. The van der Waals surface area contributed by atoms with Gasteiger partial charge in [-0.1, -0.05) is 36.3 Å². The molecule has 2 heterocycles. The minimum absolute atomic E-state index is 0.122. The fourth-order valence-corrected chi connectivity index (χ4v) is 4.33. The number of aromatic nitrogens is 2. The van der Waals surface area contributed by atoms with Crippen LogP contribution in [-0.4, -0.2) is 48.5 Å². The molecule has 9 heteroatoms. The molecule has 0 bridgehead atoms. The largest absolute Gasteiger partial charge is 0.337 e. The molecule has 1 saturated heterocycles. The number of nitrogens with one attached hydrogen (secondary N) is 2. The molecular formula is C17H25N5O3S. The Morgan fingerprint density at radius 1 is 1.38 bits per heavy atom. The lowest BCUT2D eigenvalue weighted by molar-refractivity contribution is 0.300. The predicted molar refractivity (Wildman–Crippen MR) is 98.6 cm³/mol. The molecule has 2 atom stereocenters. The molecule has 3 rings (SSSR count). The highest BCUT2D eigenvalue weighted by Gasteiger charge is 2.29. The number of rotatable bonds is 6. The lowest BCUT2D eigenvalue weighted by Crippen LogP contribution is -2.54. The van der Waals surface area contributed by atoms with E-state index in [1.54, 1.807) is 6.92 Å². The normalized spacial score (nSPS) is 20.2. The second-order valence-corrected chi connectivity index (χ2v) is 8.27. The molecule has 142 valence electrons. The minimum Gasteiger partial charge on any atom is -0.337 e. The number of piperazine rings is 1. The number of nitrogens with zero attached hydrogens (tertiary/aromatic N) is 3. The van der Waals surface area contributed by atoms with Gasteiger partial charge in [-0.2, -0.15) is 22.4 Å². The Hall–Kier alpha value is -1.81. The Morgan fingerprint density at radius 2 is 2.12 bits per heavy atom. The van der Waals surface area contributed by atoms with Crippen LogP contribution in [-0.2, 0) is 16.6 Å². The molecule has 2 unspecified atom stereocenters. The third-order valence-corrected chi connectivity index (χ3v) is 6.09. The first-order valence-corrected chi connectivity index (χ1v) is 10.3. The number of hydrogen-bond donors (Lipinski definition) is 2. The molecule has 1 fully saturated rings. The Morgan fingerprint density at radius 3 is 2.77 bits per heavy atom. The van der Waals surface area contributed by atoms with Crippen LogP contribution in [0.1, 0.15) is 38.3 Å². The van der Waals surface area contributed by atoms with E-state index < -0.39 is 16.3 Å². The molecule has 0 aliphatic carbocycles. The van der Waals surface area contributed by atoms with E-state index in [4.69, 9.17) is 4.52 Å². The molecule has 1 aromatic heterocycles. The Kier molecular flexibility index (Phi) is 5.71. The van der Waals surface area contributed by atoms with Crippen LogP contribution in [0.25, 0.3) is 11.4 Å². The van der Waals surface area contributed by atoms with Crippen molar-refractivity contribution in [1.82, 2.24) is 24.5 Å². The second kappa shape index (κ2) is 7.83. The maximum Gasteiger partial charge on any atom is 0.280 e. The second-order valence-electron chi connectivity index (χ2n) is 6.56. The van der Waals surface area contributed by atoms with Gasteiger partial charge < -0.3 is 9.84 Å². The van der Waals surface area contributed by atoms with Crippen LogP contribution in [0.3, 0.4) is 0 Å². The third-order valence-electron chi connectivity index (χ3n) is 4.43. The van der Waals surface area contributed by atoms with Crippen LogP contribution >= 0.6 is 0 Å². The van der Waals surface area contributed by atoms with E-state index in [1.807, 2.05) is 31.2 Å². The van der Waals surface area contributed by atoms with E-state index in [-0.39, 0.29) is 11.9 Å². The number of benzene rings is 1. The number of aryl methyl sites for hydroxylation is 1. The summed E-state index contributed by atoms with van der Waals surface area (Å²) in [6.45, 7) is 7.25. The smallest absolute Gasteiger partial charge is 0.280 e. The molecular weight excluding hydrogens is 354 g/mol. The summed E-state index contributed by atoms with van der Waals surface area (Å²) in [5, 5.41) is 7.20. The standard InChI is InChI=1S/C17H25N5O3S/c1-4-14-5-7-15(8-6-14)16-19-17(25-20-16)13(3)21-26(23,24)22-10-9-18-12(2)11-22/h5-8,12-13,18,21H,4,9-11H2,1-3H3. The van der Waals surface area contributed by atoms with Crippen LogP contribution < -0.4 is 10.0 Å². The first-order chi connectivity index (χ1) is 12.4. The van der Waals surface area contributed by atoms with Crippen LogP contribution in [0.4, 0.5) is 0 Å². The summed E-state index contributed by atoms with van der Waals surface area (Å²) in [6, 6.07) is 7.42. The van der Waals surface area contributed by atoms with Gasteiger partial charge >= 0.3 is 0 Å². The fourth-order valence-electron chi connectivity index (χ4n) is 2.88. The molecule has 0 saturated carbocycles. The van der Waals surface area contributed by atoms with Gasteiger partial charge in [0.1, 0.15) is 0 Å². The van der Waals surface area contributed by atoms with Gasteiger partial charge in [-0.15, -0.1) is 0 Å². The van der Waals surface area contributed by atoms with Crippen molar-refractivity contribution in [2.75, 3.05) is 19.6 Å². The molecule has 26 heavy (non-hydrogen) atoms. The minimum atomic E-state index is -3.61. The van der Waals surface area contributed by atoms with Gasteiger partial charge in [0.05, 0.1) is 6.04 Å². The van der Waals surface area contributed by atoms with E-state index in [0.29, 0.717) is 25.5 Å². The van der Waals surface area contributed by atoms with Gasteiger partial charge in [-0.3, -0.25) is 0 Å². The maximum absolute atomic E-state index is 12.6. The summed E-state index contributed by atoms with van der Waals surface area (Å²) in [5.41, 5.74) is 2.06. The zero-order valence-electron chi connectivity index (χ0n) is 15.3. The number of hydrogen-bond acceptors (Lipinski definition) is 6.